The second kappa shape index (κ2) is 10.8. The third-order valence-corrected chi connectivity index (χ3v) is 8.40. The van der Waals surface area contributed by atoms with E-state index in [4.69, 9.17) is 9.84 Å². The summed E-state index contributed by atoms with van der Waals surface area (Å²) in [5.41, 5.74) is 1.54. The van der Waals surface area contributed by atoms with E-state index in [1.807, 2.05) is 36.1 Å². The van der Waals surface area contributed by atoms with Gasteiger partial charge in [0.25, 0.3) is 0 Å². The molecule has 1 aromatic carbocycles. The molecule has 10 heteroatoms. The number of carbonyl (C=O) groups excluding carboxylic acids is 1. The highest BCUT2D eigenvalue weighted by Crippen LogP contribution is 2.49. The zero-order valence-electron chi connectivity index (χ0n) is 21.2. The van der Waals surface area contributed by atoms with Crippen molar-refractivity contribution < 1.29 is 29.3 Å². The monoisotopic (exact) mass is 580 g/mol. The van der Waals surface area contributed by atoms with E-state index in [0.29, 0.717) is 27.1 Å². The van der Waals surface area contributed by atoms with E-state index in [2.05, 4.69) is 48.9 Å². The molecule has 2 amide bonds. The first kappa shape index (κ1) is 28.0. The van der Waals surface area contributed by atoms with Crippen LogP contribution in [0.15, 0.2) is 28.7 Å². The molecule has 0 aliphatic heterocycles. The Bertz CT molecular complexity index is 1140. The largest absolute Gasteiger partial charge is 0.479 e. The lowest BCUT2D eigenvalue weighted by Gasteiger charge is -2.48. The number of ether oxygens (including phenoxy) is 1. The molecule has 0 saturated heterocycles. The van der Waals surface area contributed by atoms with Crippen LogP contribution in [0, 0.1) is 10.8 Å². The molecule has 8 nitrogen and oxygen atoms in total. The summed E-state index contributed by atoms with van der Waals surface area (Å²) in [5.74, 6) is -2.44. The molecule has 0 radical (unpaired) electrons. The predicted molar refractivity (Wildman–Crippen MR) is 144 cm³/mol. The highest BCUT2D eigenvalue weighted by Gasteiger charge is 2.42. The molecule has 1 saturated carbocycles. The van der Waals surface area contributed by atoms with E-state index < -0.39 is 18.5 Å². The Kier molecular flexibility index (Phi) is 8.40. The number of thiophene rings is 1. The summed E-state index contributed by atoms with van der Waals surface area (Å²) in [5, 5.41) is 21.6. The van der Waals surface area contributed by atoms with Crippen LogP contribution in [0.4, 0.5) is 10.5 Å². The second-order valence-corrected chi connectivity index (χ2v) is 12.5. The molecule has 196 valence electrons. The Morgan fingerprint density at radius 1 is 1.17 bits per heavy atom. The number of amides is 2. The van der Waals surface area contributed by atoms with Gasteiger partial charge in [0.2, 0.25) is 0 Å². The average molecular weight is 582 g/mol. The topological polar surface area (TPSA) is 116 Å². The van der Waals surface area contributed by atoms with Gasteiger partial charge in [-0.15, -0.1) is 11.3 Å². The van der Waals surface area contributed by atoms with Gasteiger partial charge in [0.1, 0.15) is 0 Å². The molecule has 0 unspecified atom stereocenters. The zero-order valence-corrected chi connectivity index (χ0v) is 23.6. The molecule has 0 bridgehead atoms. The van der Waals surface area contributed by atoms with Crippen LogP contribution in [0.3, 0.4) is 0 Å². The van der Waals surface area contributed by atoms with Gasteiger partial charge in [-0.05, 0) is 70.6 Å². The molecule has 1 fully saturated rings. The first-order valence-electron chi connectivity index (χ1n) is 11.8. The highest BCUT2D eigenvalue weighted by atomic mass is 79.9. The van der Waals surface area contributed by atoms with Crippen molar-refractivity contribution in [2.45, 2.75) is 59.9 Å². The maximum atomic E-state index is 13.3. The number of benzene rings is 1. The van der Waals surface area contributed by atoms with Gasteiger partial charge >= 0.3 is 18.0 Å². The number of aliphatic carboxylic acids is 1. The number of carbonyl (C=O) groups is 3. The predicted octanol–water partition coefficient (Wildman–Crippen LogP) is 6.48. The van der Waals surface area contributed by atoms with Gasteiger partial charge in [0.15, 0.2) is 17.2 Å². The van der Waals surface area contributed by atoms with Crippen molar-refractivity contribution in [2.75, 3.05) is 18.1 Å². The first-order valence-corrected chi connectivity index (χ1v) is 13.4. The van der Waals surface area contributed by atoms with Gasteiger partial charge in [-0.25, -0.2) is 14.4 Å². The van der Waals surface area contributed by atoms with Gasteiger partial charge in [-0.1, -0.05) is 39.8 Å². The van der Waals surface area contributed by atoms with Crippen molar-refractivity contribution >= 4 is 50.9 Å². The van der Waals surface area contributed by atoms with Crippen molar-refractivity contribution in [2.24, 2.45) is 10.8 Å². The zero-order chi connectivity index (χ0) is 26.8. The lowest BCUT2D eigenvalue weighted by molar-refractivity contribution is -0.139. The summed E-state index contributed by atoms with van der Waals surface area (Å²) < 4.78 is 5.66. The maximum Gasteiger partial charge on any atom is 0.349 e. The van der Waals surface area contributed by atoms with E-state index in [0.717, 1.165) is 30.6 Å². The first-order chi connectivity index (χ1) is 16.7. The summed E-state index contributed by atoms with van der Waals surface area (Å²) in [6.45, 7) is 10.7. The number of urea groups is 1. The van der Waals surface area contributed by atoms with E-state index >= 15 is 0 Å². The second-order valence-electron chi connectivity index (χ2n) is 10.7. The number of rotatable bonds is 8. The van der Waals surface area contributed by atoms with E-state index in [9.17, 15) is 19.5 Å². The normalized spacial score (nSPS) is 16.8. The number of carboxylic acid groups (broad SMARTS) is 2. The number of halogens is 1. The molecule has 1 aromatic heterocycles. The van der Waals surface area contributed by atoms with E-state index in [-0.39, 0.29) is 33.5 Å². The van der Waals surface area contributed by atoms with Crippen molar-refractivity contribution in [1.82, 2.24) is 5.32 Å². The molecule has 3 N–H and O–H groups in total. The Balaban J connectivity index is 2.07. The van der Waals surface area contributed by atoms with Crippen molar-refractivity contribution in [3.05, 3.63) is 33.6 Å². The van der Waals surface area contributed by atoms with Crippen LogP contribution in [-0.4, -0.2) is 47.4 Å². The van der Waals surface area contributed by atoms with E-state index in [1.165, 1.54) is 0 Å². The van der Waals surface area contributed by atoms with Crippen LogP contribution in [0.1, 0.15) is 63.6 Å². The van der Waals surface area contributed by atoms with Gasteiger partial charge in [0.05, 0.1) is 9.35 Å². The molecular formula is C26H33BrN2O6S. The third kappa shape index (κ3) is 6.39. The number of aromatic carboxylic acids is 1. The molecule has 2 aromatic rings. The minimum atomic E-state index is -1.21. The van der Waals surface area contributed by atoms with Crippen molar-refractivity contribution in [3.63, 3.8) is 0 Å². The molecule has 1 aliphatic carbocycles. The lowest BCUT2D eigenvalue weighted by Crippen LogP contribution is -2.52. The maximum absolute atomic E-state index is 13.3. The van der Waals surface area contributed by atoms with Gasteiger partial charge in [-0.3, -0.25) is 4.90 Å². The van der Waals surface area contributed by atoms with Gasteiger partial charge < -0.3 is 20.3 Å². The number of anilines is 1. The van der Waals surface area contributed by atoms with Crippen LogP contribution < -0.4 is 15.0 Å². The minimum Gasteiger partial charge on any atom is -0.479 e. The van der Waals surface area contributed by atoms with Crippen molar-refractivity contribution in [1.29, 1.82) is 0 Å². The number of nitrogens with zero attached hydrogens (tertiary/aromatic N) is 1. The van der Waals surface area contributed by atoms with Gasteiger partial charge in [0, 0.05) is 18.3 Å². The molecule has 3 rings (SSSR count). The quantitative estimate of drug-likeness (QED) is 0.329. The summed E-state index contributed by atoms with van der Waals surface area (Å²) in [6, 6.07) is 7.23. The van der Waals surface area contributed by atoms with E-state index in [1.54, 1.807) is 0 Å². The number of hydrogen-bond acceptors (Lipinski definition) is 5. The lowest BCUT2D eigenvalue weighted by atomic mass is 9.63. The highest BCUT2D eigenvalue weighted by molar-refractivity contribution is 9.10. The summed E-state index contributed by atoms with van der Waals surface area (Å²) in [7, 11) is 0. The Morgan fingerprint density at radius 3 is 2.36 bits per heavy atom. The summed E-state index contributed by atoms with van der Waals surface area (Å²) in [6.07, 6.45) is 2.78. The average Bonchev–Trinajstić information content (AvgIpc) is 3.07. The number of carboxylic acids is 2. The minimum absolute atomic E-state index is 0.0126. The third-order valence-electron chi connectivity index (χ3n) is 6.18. The van der Waals surface area contributed by atoms with Crippen molar-refractivity contribution in [3.8, 4) is 16.2 Å². The number of hydrogen-bond donors (Lipinski definition) is 3. The Labute approximate surface area is 223 Å². The number of nitrogens with one attached hydrogen (secondary N) is 1. The summed E-state index contributed by atoms with van der Waals surface area (Å²) in [4.78, 5) is 38.5. The van der Waals surface area contributed by atoms with Crippen LogP contribution in [0.5, 0.6) is 5.75 Å². The Hall–Kier alpha value is -2.59. The molecule has 1 heterocycles. The molecule has 1 aliphatic rings. The van der Waals surface area contributed by atoms with Crippen LogP contribution >= 0.6 is 27.3 Å². The van der Waals surface area contributed by atoms with Gasteiger partial charge in [-0.2, -0.15) is 0 Å². The molecule has 0 atom stereocenters. The molecule has 0 spiro atoms. The SMILES string of the molecule is CCNC(=O)N(c1cccc(-c2sc(C(=O)O)c(OCC(=O)O)c2Br)c1)C1CC(C)(C)CC(C)(C)C1. The van der Waals surface area contributed by atoms with Crippen LogP contribution in [-0.2, 0) is 4.79 Å². The smallest absolute Gasteiger partial charge is 0.349 e. The molecule has 36 heavy (non-hydrogen) atoms. The summed E-state index contributed by atoms with van der Waals surface area (Å²) >= 11 is 4.41. The fraction of sp³-hybridized carbons (Fsp3) is 0.500. The van der Waals surface area contributed by atoms with Crippen LogP contribution in [0.2, 0.25) is 0 Å². The Morgan fingerprint density at radius 2 is 1.81 bits per heavy atom. The molecular weight excluding hydrogens is 548 g/mol. The van der Waals surface area contributed by atoms with Crippen LogP contribution in [0.25, 0.3) is 10.4 Å². The fourth-order valence-corrected chi connectivity index (χ4v) is 7.37. The standard InChI is InChI=1S/C26H33BrN2O6S/c1-6-28-24(34)29(17-11-25(2,3)14-26(4,5)12-17)16-9-7-8-15(10-16)21-19(27)20(35-13-18(30)31)22(36-21)23(32)33/h7-10,17H,6,11-14H2,1-5H3,(H,28,34)(H,30,31)(H,32,33). The fourth-order valence-electron chi connectivity index (χ4n) is 5.48.